The SMILES string of the molecule is CCC[C@@H](NC(=O)[C@@H](C)[NH+]1CCN(c2ccccc2OC)CC1)c1ccccc1. The topological polar surface area (TPSA) is 46.0 Å². The molecule has 156 valence electrons. The Morgan fingerprint density at radius 1 is 1.10 bits per heavy atom. The van der Waals surface area contributed by atoms with Gasteiger partial charge in [-0.2, -0.15) is 0 Å². The van der Waals surface area contributed by atoms with Crippen LogP contribution in [-0.4, -0.2) is 45.2 Å². The zero-order valence-electron chi connectivity index (χ0n) is 17.9. The standard InChI is InChI=1S/C24H33N3O2/c1-4-10-21(20-11-6-5-7-12-20)25-24(28)19(2)26-15-17-27(18-16-26)22-13-8-9-14-23(22)29-3/h5-9,11-14,19,21H,4,10,15-18H2,1-3H3,(H,25,28)/p+1/t19-,21-/m1/s1. The highest BCUT2D eigenvalue weighted by Gasteiger charge is 2.31. The first-order valence-corrected chi connectivity index (χ1v) is 10.7. The molecular formula is C24H34N3O2+. The number of rotatable bonds is 8. The highest BCUT2D eigenvalue weighted by atomic mass is 16.5. The van der Waals surface area contributed by atoms with Gasteiger partial charge in [0.1, 0.15) is 5.75 Å². The first kappa shape index (κ1) is 21.2. The summed E-state index contributed by atoms with van der Waals surface area (Å²) in [5.74, 6) is 1.06. The maximum atomic E-state index is 13.0. The largest absolute Gasteiger partial charge is 0.495 e. The molecule has 1 amide bonds. The molecule has 0 unspecified atom stereocenters. The van der Waals surface area contributed by atoms with Crippen molar-refractivity contribution in [1.29, 1.82) is 0 Å². The molecule has 2 aromatic carbocycles. The average Bonchev–Trinajstić information content (AvgIpc) is 2.79. The Kier molecular flexibility index (Phi) is 7.53. The van der Waals surface area contributed by atoms with Crippen LogP contribution in [-0.2, 0) is 4.79 Å². The number of hydrogen-bond donors (Lipinski definition) is 2. The number of carbonyl (C=O) groups excluding carboxylic acids is 1. The van der Waals surface area contributed by atoms with Crippen molar-refractivity contribution in [3.8, 4) is 5.75 Å². The summed E-state index contributed by atoms with van der Waals surface area (Å²) in [5, 5.41) is 3.30. The maximum Gasteiger partial charge on any atom is 0.278 e. The summed E-state index contributed by atoms with van der Waals surface area (Å²) in [5.41, 5.74) is 2.32. The van der Waals surface area contributed by atoms with Crippen molar-refractivity contribution in [3.05, 3.63) is 60.2 Å². The summed E-state index contributed by atoms with van der Waals surface area (Å²) in [6, 6.07) is 18.5. The van der Waals surface area contributed by atoms with Crippen molar-refractivity contribution in [3.63, 3.8) is 0 Å². The fourth-order valence-corrected chi connectivity index (χ4v) is 4.14. The minimum Gasteiger partial charge on any atom is -0.495 e. The molecule has 0 aliphatic carbocycles. The smallest absolute Gasteiger partial charge is 0.278 e. The molecule has 1 fully saturated rings. The van der Waals surface area contributed by atoms with E-state index in [0.717, 1.165) is 50.5 Å². The minimum absolute atomic E-state index is 0.0575. The minimum atomic E-state index is -0.0575. The van der Waals surface area contributed by atoms with Crippen LogP contribution >= 0.6 is 0 Å². The summed E-state index contributed by atoms with van der Waals surface area (Å²) in [6.45, 7) is 7.94. The lowest BCUT2D eigenvalue weighted by Crippen LogP contribution is -3.19. The molecule has 0 spiro atoms. The van der Waals surface area contributed by atoms with Gasteiger partial charge in [-0.05, 0) is 31.0 Å². The number of benzene rings is 2. The fourth-order valence-electron chi connectivity index (χ4n) is 4.14. The molecule has 29 heavy (non-hydrogen) atoms. The normalized spacial score (nSPS) is 16.9. The number of anilines is 1. The van der Waals surface area contributed by atoms with Crippen LogP contribution in [0.25, 0.3) is 0 Å². The lowest BCUT2D eigenvalue weighted by atomic mass is 10.0. The van der Waals surface area contributed by atoms with E-state index in [1.165, 1.54) is 10.5 Å². The number of nitrogens with one attached hydrogen (secondary N) is 2. The van der Waals surface area contributed by atoms with E-state index in [1.54, 1.807) is 7.11 Å². The summed E-state index contributed by atoms with van der Waals surface area (Å²) < 4.78 is 5.51. The van der Waals surface area contributed by atoms with Gasteiger partial charge in [-0.25, -0.2) is 0 Å². The number of amides is 1. The molecule has 3 rings (SSSR count). The zero-order chi connectivity index (χ0) is 20.6. The van der Waals surface area contributed by atoms with Crippen LogP contribution in [0.5, 0.6) is 5.75 Å². The van der Waals surface area contributed by atoms with Gasteiger partial charge in [0.15, 0.2) is 6.04 Å². The van der Waals surface area contributed by atoms with E-state index >= 15 is 0 Å². The third-order valence-corrected chi connectivity index (χ3v) is 5.93. The molecule has 2 N–H and O–H groups in total. The summed E-state index contributed by atoms with van der Waals surface area (Å²) in [6.07, 6.45) is 2.00. The Morgan fingerprint density at radius 3 is 2.41 bits per heavy atom. The number of ether oxygens (including phenoxy) is 1. The molecule has 0 radical (unpaired) electrons. The van der Waals surface area contributed by atoms with E-state index in [9.17, 15) is 4.79 Å². The molecule has 2 aromatic rings. The summed E-state index contributed by atoms with van der Waals surface area (Å²) >= 11 is 0. The second-order valence-electron chi connectivity index (χ2n) is 7.80. The third-order valence-electron chi connectivity index (χ3n) is 5.93. The van der Waals surface area contributed by atoms with Crippen LogP contribution in [0.4, 0.5) is 5.69 Å². The monoisotopic (exact) mass is 396 g/mol. The molecule has 5 heteroatoms. The molecule has 2 atom stereocenters. The Bertz CT molecular complexity index is 773. The van der Waals surface area contributed by atoms with E-state index < -0.39 is 0 Å². The van der Waals surface area contributed by atoms with E-state index in [2.05, 4.69) is 42.3 Å². The van der Waals surface area contributed by atoms with Crippen molar-refractivity contribution in [1.82, 2.24) is 5.32 Å². The quantitative estimate of drug-likeness (QED) is 0.721. The third kappa shape index (κ3) is 5.30. The van der Waals surface area contributed by atoms with Gasteiger partial charge in [0.2, 0.25) is 0 Å². The summed E-state index contributed by atoms with van der Waals surface area (Å²) in [7, 11) is 1.71. The first-order valence-electron chi connectivity index (χ1n) is 10.7. The van der Waals surface area contributed by atoms with Gasteiger partial charge in [0.05, 0.1) is 45.0 Å². The van der Waals surface area contributed by atoms with Crippen LogP contribution < -0.4 is 19.9 Å². The van der Waals surface area contributed by atoms with Crippen LogP contribution in [0.3, 0.4) is 0 Å². The van der Waals surface area contributed by atoms with Crippen molar-refractivity contribution in [2.24, 2.45) is 0 Å². The van der Waals surface area contributed by atoms with Gasteiger partial charge in [-0.15, -0.1) is 0 Å². The predicted octanol–water partition coefficient (Wildman–Crippen LogP) is 2.45. The lowest BCUT2D eigenvalue weighted by molar-refractivity contribution is -0.914. The van der Waals surface area contributed by atoms with Gasteiger partial charge in [0.25, 0.3) is 5.91 Å². The predicted molar refractivity (Wildman–Crippen MR) is 118 cm³/mol. The number of hydrogen-bond acceptors (Lipinski definition) is 3. The first-order chi connectivity index (χ1) is 14.1. The Balaban J connectivity index is 1.58. The Morgan fingerprint density at radius 2 is 1.76 bits per heavy atom. The lowest BCUT2D eigenvalue weighted by Gasteiger charge is -2.36. The van der Waals surface area contributed by atoms with Gasteiger partial charge < -0.3 is 19.9 Å². The number of nitrogens with zero attached hydrogens (tertiary/aromatic N) is 1. The Hall–Kier alpha value is -2.53. The van der Waals surface area contributed by atoms with E-state index in [4.69, 9.17) is 4.74 Å². The van der Waals surface area contributed by atoms with Crippen LogP contribution in [0.2, 0.25) is 0 Å². The molecule has 1 saturated heterocycles. The van der Waals surface area contributed by atoms with E-state index in [1.807, 2.05) is 36.4 Å². The number of quaternary nitrogens is 1. The second-order valence-corrected chi connectivity index (χ2v) is 7.80. The molecule has 0 saturated carbocycles. The maximum absolute atomic E-state index is 13.0. The average molecular weight is 397 g/mol. The van der Waals surface area contributed by atoms with Gasteiger partial charge in [0, 0.05) is 0 Å². The molecule has 1 aliphatic rings. The molecular weight excluding hydrogens is 362 g/mol. The Labute approximate surface area is 174 Å². The number of piperazine rings is 1. The van der Waals surface area contributed by atoms with Crippen LogP contribution in [0.15, 0.2) is 54.6 Å². The van der Waals surface area contributed by atoms with Crippen LogP contribution in [0.1, 0.15) is 38.3 Å². The fraction of sp³-hybridized carbons (Fsp3) is 0.458. The van der Waals surface area contributed by atoms with E-state index in [0.29, 0.717) is 0 Å². The number of methoxy groups -OCH3 is 1. The zero-order valence-corrected chi connectivity index (χ0v) is 17.9. The van der Waals surface area contributed by atoms with Gasteiger partial charge in [-0.3, -0.25) is 4.79 Å². The molecule has 0 bridgehead atoms. The van der Waals surface area contributed by atoms with Crippen molar-refractivity contribution in [2.75, 3.05) is 38.2 Å². The summed E-state index contributed by atoms with van der Waals surface area (Å²) in [4.78, 5) is 16.7. The van der Waals surface area contributed by atoms with E-state index in [-0.39, 0.29) is 18.0 Å². The molecule has 0 aromatic heterocycles. The van der Waals surface area contributed by atoms with Gasteiger partial charge >= 0.3 is 0 Å². The highest BCUT2D eigenvalue weighted by Crippen LogP contribution is 2.27. The molecule has 5 nitrogen and oxygen atoms in total. The number of para-hydroxylation sites is 2. The van der Waals surface area contributed by atoms with Crippen molar-refractivity contribution in [2.45, 2.75) is 38.8 Å². The van der Waals surface area contributed by atoms with Crippen molar-refractivity contribution < 1.29 is 14.4 Å². The number of carbonyl (C=O) groups is 1. The molecule has 1 aliphatic heterocycles. The van der Waals surface area contributed by atoms with Crippen LogP contribution in [0, 0.1) is 0 Å². The van der Waals surface area contributed by atoms with Crippen molar-refractivity contribution >= 4 is 11.6 Å². The highest BCUT2D eigenvalue weighted by molar-refractivity contribution is 5.80. The second kappa shape index (κ2) is 10.3. The van der Waals surface area contributed by atoms with Gasteiger partial charge in [-0.1, -0.05) is 55.8 Å². The molecule has 1 heterocycles.